The Balaban J connectivity index is 1.55. The second-order valence-electron chi connectivity index (χ2n) is 20.5. The van der Waals surface area contributed by atoms with E-state index in [0.29, 0.717) is 30.4 Å². The molecule has 0 aromatic heterocycles. The molecule has 2 heterocycles. The molecule has 3 fully saturated rings. The molecule has 2 saturated heterocycles. The van der Waals surface area contributed by atoms with Crippen molar-refractivity contribution >= 4 is 86.6 Å². The summed E-state index contributed by atoms with van der Waals surface area (Å²) in [5.41, 5.74) is 23.1. The summed E-state index contributed by atoms with van der Waals surface area (Å²) in [6, 6.07) is 5.92. The van der Waals surface area contributed by atoms with E-state index < -0.39 is 119 Å². The molecule has 0 radical (unpaired) electrons. The maximum Gasteiger partial charge on any atom is 0.246 e. The molecular formula is C53H77N13O11S2. The highest BCUT2D eigenvalue weighted by molar-refractivity contribution is 8.77. The summed E-state index contributed by atoms with van der Waals surface area (Å²) in [5, 5.41) is 26.2. The number of guanidine groups is 1. The average Bonchev–Trinajstić information content (AvgIpc) is 3.96. The number of nitrogens with zero attached hydrogens (tertiary/aromatic N) is 3. The number of benzene rings is 2. The molecule has 0 unspecified atom stereocenters. The number of nitrogens with one attached hydrogen (secondary N) is 6. The summed E-state index contributed by atoms with van der Waals surface area (Å²) in [5.74, 6) is -8.45. The normalized spacial score (nSPS) is 23.1. The van der Waals surface area contributed by atoms with Gasteiger partial charge in [-0.15, -0.1) is 0 Å². The van der Waals surface area contributed by atoms with Crippen molar-refractivity contribution < 1.29 is 53.1 Å². The van der Waals surface area contributed by atoms with E-state index in [2.05, 4.69) is 36.9 Å². The fourth-order valence-corrected chi connectivity index (χ4v) is 13.3. The first-order valence-electron chi connectivity index (χ1n) is 26.7. The predicted octanol–water partition coefficient (Wildman–Crippen LogP) is -0.516. The van der Waals surface area contributed by atoms with Gasteiger partial charge in [0.2, 0.25) is 59.1 Å². The van der Waals surface area contributed by atoms with Gasteiger partial charge in [0.15, 0.2) is 5.96 Å². The molecule has 1 spiro atoms. The molecule has 432 valence electrons. The second-order valence-corrected chi connectivity index (χ2v) is 23.3. The number of phenols is 1. The molecule has 10 amide bonds. The van der Waals surface area contributed by atoms with E-state index in [0.717, 1.165) is 19.3 Å². The van der Waals surface area contributed by atoms with Gasteiger partial charge < -0.3 is 69.7 Å². The molecule has 2 aliphatic heterocycles. The van der Waals surface area contributed by atoms with Gasteiger partial charge in [-0.25, -0.2) is 0 Å². The Morgan fingerprint density at radius 3 is 2.09 bits per heavy atom. The first-order valence-corrected chi connectivity index (χ1v) is 29.1. The summed E-state index contributed by atoms with van der Waals surface area (Å²) in [6.07, 6.45) is 3.68. The number of likely N-dealkylation sites (tertiary alicyclic amines) is 1. The molecule has 2 aromatic rings. The van der Waals surface area contributed by atoms with Crippen LogP contribution in [0.15, 0.2) is 59.6 Å². The number of hydrogen-bond acceptors (Lipinski definition) is 14. The molecule has 3 aliphatic rings. The summed E-state index contributed by atoms with van der Waals surface area (Å²) in [6.45, 7) is 4.82. The monoisotopic (exact) mass is 1140 g/mol. The van der Waals surface area contributed by atoms with Crippen molar-refractivity contribution in [3.63, 3.8) is 0 Å². The van der Waals surface area contributed by atoms with Crippen LogP contribution in [0.25, 0.3) is 0 Å². The fraction of sp³-hybridized carbons (Fsp3) is 0.566. The van der Waals surface area contributed by atoms with Gasteiger partial charge in [-0.05, 0) is 74.6 Å². The van der Waals surface area contributed by atoms with Crippen molar-refractivity contribution in [2.24, 2.45) is 33.8 Å². The zero-order valence-corrected chi connectivity index (χ0v) is 46.7. The Labute approximate surface area is 468 Å². The third-order valence-corrected chi connectivity index (χ3v) is 17.4. The van der Waals surface area contributed by atoms with Gasteiger partial charge in [0.05, 0.1) is 13.0 Å². The van der Waals surface area contributed by atoms with Crippen molar-refractivity contribution in [2.75, 3.05) is 31.9 Å². The van der Waals surface area contributed by atoms with Crippen molar-refractivity contribution in [1.82, 2.24) is 41.7 Å². The van der Waals surface area contributed by atoms with E-state index in [1.54, 1.807) is 63.2 Å². The Hall–Kier alpha value is -7.09. The number of aromatic hydroxyl groups is 1. The smallest absolute Gasteiger partial charge is 0.246 e. The van der Waals surface area contributed by atoms with Crippen LogP contribution in [0.1, 0.15) is 103 Å². The van der Waals surface area contributed by atoms with Crippen LogP contribution in [0.3, 0.4) is 0 Å². The number of aliphatic imine (C=N–C) groups is 1. The lowest BCUT2D eigenvalue weighted by atomic mass is 9.85. The number of likely N-dealkylation sites (N-methyl/N-ethyl adjacent to an activating group) is 1. The van der Waals surface area contributed by atoms with E-state index >= 15 is 0 Å². The summed E-state index contributed by atoms with van der Waals surface area (Å²) in [4.78, 5) is 147. The molecule has 7 atom stereocenters. The minimum Gasteiger partial charge on any atom is -0.508 e. The molecule has 26 heteroatoms. The van der Waals surface area contributed by atoms with E-state index in [-0.39, 0.29) is 81.5 Å². The van der Waals surface area contributed by atoms with Crippen LogP contribution in [0.2, 0.25) is 0 Å². The van der Waals surface area contributed by atoms with Gasteiger partial charge in [0, 0.05) is 49.4 Å². The Morgan fingerprint density at radius 2 is 1.46 bits per heavy atom. The van der Waals surface area contributed by atoms with E-state index in [4.69, 9.17) is 22.9 Å². The Bertz CT molecular complexity index is 2510. The average molecular weight is 1140 g/mol. The van der Waals surface area contributed by atoms with Crippen LogP contribution >= 0.6 is 21.6 Å². The highest BCUT2D eigenvalue weighted by Gasteiger charge is 2.43. The van der Waals surface area contributed by atoms with Crippen LogP contribution in [-0.2, 0) is 60.8 Å². The highest BCUT2D eigenvalue weighted by atomic mass is 33.1. The molecule has 15 N–H and O–H groups in total. The van der Waals surface area contributed by atoms with Crippen molar-refractivity contribution in [2.45, 2.75) is 151 Å². The highest BCUT2D eigenvalue weighted by Crippen LogP contribution is 2.49. The third-order valence-electron chi connectivity index (χ3n) is 14.1. The summed E-state index contributed by atoms with van der Waals surface area (Å²) >= 11 is 0. The van der Waals surface area contributed by atoms with Crippen LogP contribution in [0.5, 0.6) is 5.75 Å². The van der Waals surface area contributed by atoms with Gasteiger partial charge >= 0.3 is 0 Å². The minimum absolute atomic E-state index is 0.00222. The van der Waals surface area contributed by atoms with Crippen molar-refractivity contribution in [1.29, 1.82) is 0 Å². The predicted molar refractivity (Wildman–Crippen MR) is 299 cm³/mol. The first-order chi connectivity index (χ1) is 37.6. The number of phenolic OH excluding ortho intramolecular Hbond substituents is 1. The largest absolute Gasteiger partial charge is 0.508 e. The summed E-state index contributed by atoms with van der Waals surface area (Å²) < 4.78 is -0.725. The minimum atomic E-state index is -1.67. The molecule has 5 rings (SSSR count). The lowest BCUT2D eigenvalue weighted by Crippen LogP contribution is -2.62. The Kier molecular flexibility index (Phi) is 24.1. The van der Waals surface area contributed by atoms with Crippen LogP contribution in [0.4, 0.5) is 0 Å². The molecule has 0 bridgehead atoms. The quantitative estimate of drug-likeness (QED) is 0.0387. The number of rotatable bonds is 18. The van der Waals surface area contributed by atoms with Gasteiger partial charge in [-0.2, -0.15) is 0 Å². The maximum absolute atomic E-state index is 15.0. The number of carbonyl (C=O) groups excluding carboxylic acids is 10. The van der Waals surface area contributed by atoms with Crippen molar-refractivity contribution in [3.05, 3.63) is 65.7 Å². The standard InChI is InChI=1S/C53H77N13O11S2/c1-4-65-40(26-33-17-19-34(67)20-18-33)49(75)61-36(25-32-13-7-5-8-14-32)47(73)64-44(31(2)3)50(76)62-37(27-41(54)68)46(72)63-38(30-78-79-53(28-43(65)70)21-9-6-10-22-53)51(77)66-24-12-16-39(66)48(74)60-35(15-11-23-58-52(56)57)45(71)59-29-42(55)69/h5,7-8,13-14,17-20,31,35-40,44,67H,4,6,9-12,15-16,21-30H2,1-3H3,(H2,54,68)(H2,55,69)(H,59,71)(H,60,74)(H,61,75)(H,62,76)(H,63,72)(H,64,73)(H4,56,57,58)/t35-,36-,37-,38+,39-,40-,44-/m0/s1. The number of hydrogen-bond donors (Lipinski definition) is 11. The lowest BCUT2D eigenvalue weighted by molar-refractivity contribution is -0.142. The van der Waals surface area contributed by atoms with E-state index in [1.165, 1.54) is 43.5 Å². The van der Waals surface area contributed by atoms with Gasteiger partial charge in [-0.3, -0.25) is 52.9 Å². The second kappa shape index (κ2) is 30.3. The number of amides is 10. The zero-order valence-electron chi connectivity index (χ0n) is 45.0. The first kappa shape index (κ1) is 62.7. The molecule has 1 saturated carbocycles. The van der Waals surface area contributed by atoms with Gasteiger partial charge in [0.25, 0.3) is 0 Å². The Morgan fingerprint density at radius 1 is 0.797 bits per heavy atom. The van der Waals surface area contributed by atoms with Gasteiger partial charge in [0.1, 0.15) is 48.0 Å². The number of primary amides is 2. The fourth-order valence-electron chi connectivity index (χ4n) is 9.94. The van der Waals surface area contributed by atoms with E-state index in [9.17, 15) is 53.1 Å². The number of nitrogens with two attached hydrogens (primary N) is 4. The SMILES string of the molecule is CCN1C(=O)CC2(CCCCC2)SSC[C@H](C(=O)N2CCC[C@H]2C(=O)N[C@@H](CCCN=C(N)N)C(=O)NCC(N)=O)NC(=O)[C@H](CC(N)=O)NC(=O)[C@H](C(C)C)NC(=O)[C@H](Cc2ccccc2)NC(=O)[C@@H]1Cc1ccc(O)cc1. The molecule has 1 aliphatic carbocycles. The number of carbonyl (C=O) groups is 10. The van der Waals surface area contributed by atoms with Crippen LogP contribution in [0, 0.1) is 5.92 Å². The van der Waals surface area contributed by atoms with Crippen molar-refractivity contribution in [3.8, 4) is 5.75 Å². The third kappa shape index (κ3) is 19.1. The molecule has 2 aromatic carbocycles. The summed E-state index contributed by atoms with van der Waals surface area (Å²) in [7, 11) is 2.60. The lowest BCUT2D eigenvalue weighted by Gasteiger charge is -2.39. The molecule has 24 nitrogen and oxygen atoms in total. The molecular weight excluding hydrogens is 1060 g/mol. The van der Waals surface area contributed by atoms with E-state index in [1.807, 2.05) is 0 Å². The molecule has 79 heavy (non-hydrogen) atoms. The maximum atomic E-state index is 15.0. The van der Waals surface area contributed by atoms with Crippen LogP contribution < -0.4 is 54.8 Å². The van der Waals surface area contributed by atoms with Gasteiger partial charge in [-0.1, -0.05) is 97.2 Å². The van der Waals surface area contributed by atoms with Crippen LogP contribution in [-0.4, -0.2) is 159 Å². The zero-order chi connectivity index (χ0) is 57.8. The topological polar surface area (TPSA) is 386 Å².